The number of piperidine rings is 2. The number of hydrogen-bond donors (Lipinski definition) is 2. The molecule has 2 N–H and O–H groups in total. The lowest BCUT2D eigenvalue weighted by molar-refractivity contribution is 0.130. The minimum absolute atomic E-state index is 0.115. The largest absolute Gasteiger partial charge is 0.489 e. The van der Waals surface area contributed by atoms with Crippen LogP contribution >= 0.6 is 23.2 Å². The molecule has 5 rings (SSSR count). The van der Waals surface area contributed by atoms with Gasteiger partial charge in [-0.3, -0.25) is 4.90 Å². The van der Waals surface area contributed by atoms with Gasteiger partial charge in [0.15, 0.2) is 0 Å². The monoisotopic (exact) mass is 682 g/mol. The first-order chi connectivity index (χ1) is 22.9. The van der Waals surface area contributed by atoms with Crippen LogP contribution in [0.15, 0.2) is 60.7 Å². The van der Waals surface area contributed by atoms with Gasteiger partial charge in [-0.05, 0) is 134 Å². The molecule has 0 aliphatic carbocycles. The van der Waals surface area contributed by atoms with Gasteiger partial charge in [-0.1, -0.05) is 55.2 Å². The van der Waals surface area contributed by atoms with E-state index in [-0.39, 0.29) is 6.03 Å². The summed E-state index contributed by atoms with van der Waals surface area (Å²) in [6.45, 7) is 12.1. The van der Waals surface area contributed by atoms with Crippen LogP contribution in [0.3, 0.4) is 0 Å². The quantitative estimate of drug-likeness (QED) is 0.202. The van der Waals surface area contributed by atoms with Crippen molar-refractivity contribution in [2.75, 3.05) is 60.0 Å². The zero-order valence-electron chi connectivity index (χ0n) is 28.5. The molecule has 0 bridgehead atoms. The summed E-state index contributed by atoms with van der Waals surface area (Å²) in [4.78, 5) is 16.6. The topological polar surface area (TPSA) is 66.1 Å². The van der Waals surface area contributed by atoms with Gasteiger partial charge in [-0.2, -0.15) is 0 Å². The molecule has 7 nitrogen and oxygen atoms in total. The van der Waals surface area contributed by atoms with E-state index in [1.807, 2.05) is 26.0 Å². The maximum atomic E-state index is 11.6. The average molecular weight is 684 g/mol. The molecule has 256 valence electrons. The van der Waals surface area contributed by atoms with Crippen molar-refractivity contribution < 1.29 is 14.3 Å². The minimum atomic E-state index is -0.115. The van der Waals surface area contributed by atoms with Gasteiger partial charge in [0.1, 0.15) is 12.4 Å². The minimum Gasteiger partial charge on any atom is -0.489 e. The first-order valence-corrected chi connectivity index (χ1v) is 17.9. The number of methoxy groups -OCH3 is 1. The maximum absolute atomic E-state index is 11.6. The number of carbonyl (C=O) groups is 1. The van der Waals surface area contributed by atoms with Gasteiger partial charge in [0.2, 0.25) is 0 Å². The summed E-state index contributed by atoms with van der Waals surface area (Å²) >= 11 is 12.8. The van der Waals surface area contributed by atoms with E-state index in [0.717, 1.165) is 87.7 Å². The summed E-state index contributed by atoms with van der Waals surface area (Å²) in [5.41, 5.74) is 5.80. The van der Waals surface area contributed by atoms with Crippen LogP contribution < -0.4 is 15.4 Å². The molecule has 0 spiro atoms. The molecule has 2 amide bonds. The molecule has 2 fully saturated rings. The van der Waals surface area contributed by atoms with E-state index < -0.39 is 0 Å². The molecular formula is C38H52Cl2N4O3. The van der Waals surface area contributed by atoms with E-state index in [0.29, 0.717) is 28.5 Å². The maximum Gasteiger partial charge on any atom is 0.314 e. The van der Waals surface area contributed by atoms with E-state index in [1.165, 1.54) is 24.0 Å². The summed E-state index contributed by atoms with van der Waals surface area (Å²) in [6, 6.07) is 20.9. The number of urea groups is 1. The van der Waals surface area contributed by atoms with Crippen LogP contribution in [0.25, 0.3) is 11.1 Å². The van der Waals surface area contributed by atoms with Crippen LogP contribution in [0, 0.1) is 5.92 Å². The predicted octanol–water partition coefficient (Wildman–Crippen LogP) is 8.23. The van der Waals surface area contributed by atoms with Crippen molar-refractivity contribution in [2.45, 2.75) is 58.6 Å². The van der Waals surface area contributed by atoms with Crippen LogP contribution in [0.2, 0.25) is 10.0 Å². The molecule has 0 atom stereocenters. The van der Waals surface area contributed by atoms with Crippen molar-refractivity contribution >= 4 is 29.2 Å². The van der Waals surface area contributed by atoms with Gasteiger partial charge in [-0.25, -0.2) is 4.79 Å². The van der Waals surface area contributed by atoms with Crippen molar-refractivity contribution in [1.82, 2.24) is 20.4 Å². The number of carbonyl (C=O) groups excluding carboxylic acids is 1. The number of halogens is 2. The molecule has 2 aliphatic rings. The second kappa shape index (κ2) is 19.3. The Hall–Kier alpha value is -2.81. The standard InChI is InChI=1S/C36H46Cl2N4O3.C2H6/c1-39-36(43)40-23-26-7-11-42(12-8-26)24-27-17-28(19-31(18-27)32-20-33(37)22-34(38)21-32)25-45-35-5-3-29(4-6-35)30-9-13-41(14-10-30)15-16-44-2;1-2/h3-6,17-22,26,30H,7-16,23-25H2,1-2H3,(H2,39,40,43);1-2H3. The first-order valence-electron chi connectivity index (χ1n) is 17.1. The van der Waals surface area contributed by atoms with E-state index in [2.05, 4.69) is 62.9 Å². The lowest BCUT2D eigenvalue weighted by Gasteiger charge is -2.32. The highest BCUT2D eigenvalue weighted by atomic mass is 35.5. The average Bonchev–Trinajstić information content (AvgIpc) is 3.10. The van der Waals surface area contributed by atoms with E-state index in [1.54, 1.807) is 20.2 Å². The molecular weight excluding hydrogens is 631 g/mol. The molecule has 0 unspecified atom stereocenters. The number of nitrogens with zero attached hydrogens (tertiary/aromatic N) is 2. The molecule has 0 saturated carbocycles. The second-order valence-electron chi connectivity index (χ2n) is 12.3. The lowest BCUT2D eigenvalue weighted by atomic mass is 9.89. The molecule has 9 heteroatoms. The summed E-state index contributed by atoms with van der Waals surface area (Å²) in [5.74, 6) is 1.97. The SMILES string of the molecule is CC.CNC(=O)NCC1CCN(Cc2cc(COc3ccc(C4CCN(CCOC)CC4)cc3)cc(-c3cc(Cl)cc(Cl)c3)c2)CC1. The normalized spacial score (nSPS) is 16.3. The number of amides is 2. The Morgan fingerprint density at radius 3 is 2.09 bits per heavy atom. The van der Waals surface area contributed by atoms with Crippen molar-refractivity contribution in [2.24, 2.45) is 5.92 Å². The van der Waals surface area contributed by atoms with Gasteiger partial charge in [0.05, 0.1) is 6.61 Å². The van der Waals surface area contributed by atoms with E-state index >= 15 is 0 Å². The smallest absolute Gasteiger partial charge is 0.314 e. The van der Waals surface area contributed by atoms with Crippen molar-refractivity contribution in [3.63, 3.8) is 0 Å². The van der Waals surface area contributed by atoms with E-state index in [9.17, 15) is 4.79 Å². The highest BCUT2D eigenvalue weighted by Crippen LogP contribution is 2.32. The fourth-order valence-electron chi connectivity index (χ4n) is 6.47. The van der Waals surface area contributed by atoms with Crippen LogP contribution in [-0.2, 0) is 17.9 Å². The number of hydrogen-bond acceptors (Lipinski definition) is 5. The lowest BCUT2D eigenvalue weighted by Crippen LogP contribution is -2.40. The Bertz CT molecular complexity index is 1370. The molecule has 0 aromatic heterocycles. The number of likely N-dealkylation sites (tertiary alicyclic amines) is 2. The van der Waals surface area contributed by atoms with Crippen LogP contribution in [0.1, 0.15) is 62.1 Å². The molecule has 3 aromatic carbocycles. The molecule has 2 heterocycles. The van der Waals surface area contributed by atoms with E-state index in [4.69, 9.17) is 32.7 Å². The number of rotatable bonds is 12. The molecule has 3 aromatic rings. The predicted molar refractivity (Wildman–Crippen MR) is 195 cm³/mol. The fraction of sp³-hybridized carbons (Fsp3) is 0.500. The third-order valence-electron chi connectivity index (χ3n) is 9.10. The Balaban J connectivity index is 0.00000245. The van der Waals surface area contributed by atoms with Crippen molar-refractivity contribution in [1.29, 1.82) is 0 Å². The van der Waals surface area contributed by atoms with Gasteiger partial charge >= 0.3 is 6.03 Å². The Morgan fingerprint density at radius 2 is 1.45 bits per heavy atom. The number of nitrogens with one attached hydrogen (secondary N) is 2. The first kappa shape index (κ1) is 37.0. The zero-order chi connectivity index (χ0) is 33.6. The Kier molecular flexibility index (Phi) is 15.2. The summed E-state index contributed by atoms with van der Waals surface area (Å²) < 4.78 is 11.6. The molecule has 0 radical (unpaired) electrons. The summed E-state index contributed by atoms with van der Waals surface area (Å²) in [5, 5.41) is 6.82. The number of ether oxygens (including phenoxy) is 2. The summed E-state index contributed by atoms with van der Waals surface area (Å²) in [7, 11) is 3.42. The third-order valence-corrected chi connectivity index (χ3v) is 9.53. The van der Waals surface area contributed by atoms with Gasteiger partial charge in [0, 0.05) is 43.8 Å². The zero-order valence-corrected chi connectivity index (χ0v) is 30.0. The van der Waals surface area contributed by atoms with Crippen LogP contribution in [-0.4, -0.2) is 75.9 Å². The highest BCUT2D eigenvalue weighted by Gasteiger charge is 2.21. The Labute approximate surface area is 291 Å². The molecule has 47 heavy (non-hydrogen) atoms. The van der Waals surface area contributed by atoms with Gasteiger partial charge in [-0.15, -0.1) is 0 Å². The third kappa shape index (κ3) is 11.7. The second-order valence-corrected chi connectivity index (χ2v) is 13.2. The highest BCUT2D eigenvalue weighted by molar-refractivity contribution is 6.35. The number of benzene rings is 3. The van der Waals surface area contributed by atoms with Gasteiger partial charge < -0.3 is 25.0 Å². The fourth-order valence-corrected chi connectivity index (χ4v) is 7.00. The van der Waals surface area contributed by atoms with Gasteiger partial charge in [0.25, 0.3) is 0 Å². The van der Waals surface area contributed by atoms with Crippen LogP contribution in [0.4, 0.5) is 4.79 Å². The van der Waals surface area contributed by atoms with Crippen LogP contribution in [0.5, 0.6) is 5.75 Å². The van der Waals surface area contributed by atoms with Crippen molar-refractivity contribution in [3.05, 3.63) is 87.4 Å². The summed E-state index contributed by atoms with van der Waals surface area (Å²) in [6.07, 6.45) is 4.48. The molecule has 2 aliphatic heterocycles. The molecule has 2 saturated heterocycles. The Morgan fingerprint density at radius 1 is 0.830 bits per heavy atom. The van der Waals surface area contributed by atoms with Crippen molar-refractivity contribution in [3.8, 4) is 16.9 Å².